The van der Waals surface area contributed by atoms with Gasteiger partial charge in [0.15, 0.2) is 5.78 Å². The van der Waals surface area contributed by atoms with Crippen molar-refractivity contribution in [2.45, 2.75) is 24.8 Å². The number of carbonyl (C=O) groups is 1. The molecule has 6 heteroatoms. The highest BCUT2D eigenvalue weighted by Crippen LogP contribution is 2.30. The lowest BCUT2D eigenvalue weighted by molar-refractivity contribution is 0.101. The number of methoxy groups -OCH3 is 1. The van der Waals surface area contributed by atoms with Crippen LogP contribution in [0.15, 0.2) is 52.1 Å². The molecule has 3 aromatic rings. The third-order valence-electron chi connectivity index (χ3n) is 3.82. The summed E-state index contributed by atoms with van der Waals surface area (Å²) in [5.41, 5.74) is 3.58. The smallest absolute Gasteiger partial charge is 0.277 e. The Bertz CT molecular complexity index is 905. The van der Waals surface area contributed by atoms with Gasteiger partial charge in [0.25, 0.3) is 5.22 Å². The molecule has 0 atom stereocenters. The number of nitrogens with zero attached hydrogens (tertiary/aromatic N) is 2. The van der Waals surface area contributed by atoms with E-state index in [0.29, 0.717) is 22.4 Å². The number of aromatic nitrogens is 2. The van der Waals surface area contributed by atoms with Crippen LogP contribution in [0.3, 0.4) is 0 Å². The molecule has 25 heavy (non-hydrogen) atoms. The van der Waals surface area contributed by atoms with Crippen molar-refractivity contribution >= 4 is 17.5 Å². The molecule has 0 bridgehead atoms. The molecular weight excluding hydrogens is 336 g/mol. The molecule has 0 unspecified atom stereocenters. The minimum atomic E-state index is 0.0218. The Labute approximate surface area is 150 Å². The molecule has 0 aliphatic carbocycles. The molecule has 1 heterocycles. The van der Waals surface area contributed by atoms with Crippen molar-refractivity contribution in [1.82, 2.24) is 10.2 Å². The van der Waals surface area contributed by atoms with Crippen LogP contribution in [0.4, 0.5) is 0 Å². The number of carbonyl (C=O) groups excluding carboxylic acids is 1. The molecule has 0 aliphatic heterocycles. The van der Waals surface area contributed by atoms with E-state index in [-0.39, 0.29) is 5.78 Å². The molecule has 0 aliphatic rings. The van der Waals surface area contributed by atoms with Gasteiger partial charge in [-0.1, -0.05) is 30.0 Å². The highest BCUT2D eigenvalue weighted by molar-refractivity contribution is 7.98. The lowest BCUT2D eigenvalue weighted by Crippen LogP contribution is -1.96. The first-order valence-electron chi connectivity index (χ1n) is 7.78. The van der Waals surface area contributed by atoms with Crippen LogP contribution in [0.25, 0.3) is 11.5 Å². The van der Waals surface area contributed by atoms with Crippen molar-refractivity contribution in [3.8, 4) is 17.2 Å². The Morgan fingerprint density at radius 2 is 2.00 bits per heavy atom. The number of ketones is 1. The number of ether oxygens (including phenoxy) is 1. The highest BCUT2D eigenvalue weighted by Gasteiger charge is 2.13. The van der Waals surface area contributed by atoms with Crippen LogP contribution in [0, 0.1) is 6.92 Å². The maximum absolute atomic E-state index is 11.6. The average Bonchev–Trinajstić information content (AvgIpc) is 3.08. The Morgan fingerprint density at radius 3 is 2.72 bits per heavy atom. The van der Waals surface area contributed by atoms with Gasteiger partial charge in [0.1, 0.15) is 5.75 Å². The summed E-state index contributed by atoms with van der Waals surface area (Å²) >= 11 is 1.41. The van der Waals surface area contributed by atoms with Gasteiger partial charge < -0.3 is 9.15 Å². The van der Waals surface area contributed by atoms with E-state index in [4.69, 9.17) is 9.15 Å². The third kappa shape index (κ3) is 3.91. The molecule has 2 aromatic carbocycles. The largest absolute Gasteiger partial charge is 0.496 e. The van der Waals surface area contributed by atoms with E-state index < -0.39 is 0 Å². The van der Waals surface area contributed by atoms with Crippen LogP contribution < -0.4 is 4.74 Å². The number of aryl methyl sites for hydroxylation is 1. The lowest BCUT2D eigenvalue weighted by atomic mass is 10.1. The number of benzene rings is 2. The fraction of sp³-hybridized carbons (Fsp3) is 0.211. The first-order chi connectivity index (χ1) is 12.1. The molecule has 0 N–H and O–H groups in total. The monoisotopic (exact) mass is 354 g/mol. The fourth-order valence-corrected chi connectivity index (χ4v) is 3.18. The van der Waals surface area contributed by atoms with Gasteiger partial charge in [-0.05, 0) is 43.7 Å². The van der Waals surface area contributed by atoms with Crippen molar-refractivity contribution in [1.29, 1.82) is 0 Å². The molecule has 1 aromatic heterocycles. The van der Waals surface area contributed by atoms with Gasteiger partial charge in [-0.15, -0.1) is 10.2 Å². The summed E-state index contributed by atoms with van der Waals surface area (Å²) in [4.78, 5) is 11.6. The topological polar surface area (TPSA) is 65.2 Å². The van der Waals surface area contributed by atoms with E-state index in [1.807, 2.05) is 37.3 Å². The van der Waals surface area contributed by atoms with Crippen LogP contribution in [-0.4, -0.2) is 23.1 Å². The van der Waals surface area contributed by atoms with Gasteiger partial charge in [-0.2, -0.15) is 0 Å². The lowest BCUT2D eigenvalue weighted by Gasteiger charge is -2.08. The summed E-state index contributed by atoms with van der Waals surface area (Å²) in [5.74, 6) is 1.83. The molecular formula is C19H18N2O3S. The van der Waals surface area contributed by atoms with Gasteiger partial charge in [0.2, 0.25) is 5.89 Å². The quantitative estimate of drug-likeness (QED) is 0.478. The van der Waals surface area contributed by atoms with Crippen molar-refractivity contribution in [3.63, 3.8) is 0 Å². The maximum atomic E-state index is 11.6. The predicted molar refractivity (Wildman–Crippen MR) is 97.0 cm³/mol. The van der Waals surface area contributed by atoms with Crippen molar-refractivity contribution in [2.75, 3.05) is 7.11 Å². The summed E-state index contributed by atoms with van der Waals surface area (Å²) in [6.07, 6.45) is 0. The van der Waals surface area contributed by atoms with Gasteiger partial charge in [0.05, 0.1) is 7.11 Å². The zero-order valence-electron chi connectivity index (χ0n) is 14.3. The molecule has 0 amide bonds. The number of hydrogen-bond donors (Lipinski definition) is 0. The van der Waals surface area contributed by atoms with E-state index in [1.165, 1.54) is 11.8 Å². The third-order valence-corrected chi connectivity index (χ3v) is 4.69. The minimum Gasteiger partial charge on any atom is -0.496 e. The molecule has 0 spiro atoms. The molecule has 0 radical (unpaired) electrons. The molecule has 5 nitrogen and oxygen atoms in total. The van der Waals surface area contributed by atoms with Crippen LogP contribution >= 0.6 is 11.8 Å². The minimum absolute atomic E-state index is 0.0218. The number of thioether (sulfide) groups is 1. The molecule has 0 saturated carbocycles. The van der Waals surface area contributed by atoms with Gasteiger partial charge >= 0.3 is 0 Å². The molecule has 128 valence electrons. The summed E-state index contributed by atoms with van der Waals surface area (Å²) in [5, 5.41) is 8.71. The molecule has 0 fully saturated rings. The van der Waals surface area contributed by atoms with E-state index in [1.54, 1.807) is 26.2 Å². The average molecular weight is 354 g/mol. The van der Waals surface area contributed by atoms with Gasteiger partial charge in [-0.3, -0.25) is 4.79 Å². The van der Waals surface area contributed by atoms with E-state index in [0.717, 1.165) is 22.4 Å². The van der Waals surface area contributed by atoms with E-state index in [9.17, 15) is 4.79 Å². The number of Topliss-reactive ketones (excluding diaryl/α,β-unsaturated/α-hetero) is 1. The van der Waals surface area contributed by atoms with Crippen molar-refractivity contribution in [2.24, 2.45) is 0 Å². The van der Waals surface area contributed by atoms with E-state index >= 15 is 0 Å². The fourth-order valence-electron chi connectivity index (χ4n) is 2.44. The summed E-state index contributed by atoms with van der Waals surface area (Å²) in [6, 6.07) is 13.3. The van der Waals surface area contributed by atoms with Gasteiger partial charge in [0, 0.05) is 22.4 Å². The SMILES string of the molecule is COc1ccc(C(C)=O)cc1CSc1nnc(-c2ccccc2C)o1. The van der Waals surface area contributed by atoms with Crippen LogP contribution in [-0.2, 0) is 5.75 Å². The zero-order valence-corrected chi connectivity index (χ0v) is 15.1. The second-order valence-corrected chi connectivity index (χ2v) is 6.49. The van der Waals surface area contributed by atoms with Crippen molar-refractivity contribution in [3.05, 3.63) is 59.2 Å². The number of rotatable bonds is 6. The van der Waals surface area contributed by atoms with Crippen LogP contribution in [0.5, 0.6) is 5.75 Å². The van der Waals surface area contributed by atoms with Gasteiger partial charge in [-0.25, -0.2) is 0 Å². The second-order valence-electron chi connectivity index (χ2n) is 5.56. The number of hydrogen-bond acceptors (Lipinski definition) is 6. The maximum Gasteiger partial charge on any atom is 0.277 e. The standard InChI is InChI=1S/C19H18N2O3S/c1-12-6-4-5-7-16(12)18-20-21-19(24-18)25-11-15-10-14(13(2)22)8-9-17(15)23-3/h4-10H,11H2,1-3H3. The first kappa shape index (κ1) is 17.2. The summed E-state index contributed by atoms with van der Waals surface area (Å²) in [6.45, 7) is 3.55. The van der Waals surface area contributed by atoms with E-state index in [2.05, 4.69) is 10.2 Å². The highest BCUT2D eigenvalue weighted by atomic mass is 32.2. The normalized spacial score (nSPS) is 10.7. The first-order valence-corrected chi connectivity index (χ1v) is 8.77. The Balaban J connectivity index is 1.78. The second kappa shape index (κ2) is 7.53. The van der Waals surface area contributed by atoms with Crippen LogP contribution in [0.1, 0.15) is 28.4 Å². The molecule has 3 rings (SSSR count). The van der Waals surface area contributed by atoms with Crippen molar-refractivity contribution < 1.29 is 13.9 Å². The molecule has 0 saturated heterocycles. The zero-order chi connectivity index (χ0) is 17.8. The Kier molecular flexibility index (Phi) is 5.19. The van der Waals surface area contributed by atoms with Crippen LogP contribution in [0.2, 0.25) is 0 Å². The summed E-state index contributed by atoms with van der Waals surface area (Å²) in [7, 11) is 1.61. The summed E-state index contributed by atoms with van der Waals surface area (Å²) < 4.78 is 11.1. The Morgan fingerprint density at radius 1 is 1.20 bits per heavy atom. The Hall–Kier alpha value is -2.60. The predicted octanol–water partition coefficient (Wildman–Crippen LogP) is 4.55.